The quantitative estimate of drug-likeness (QED) is 0.589. The molecular weight excluding hydrogens is 202 g/mol. The summed E-state index contributed by atoms with van der Waals surface area (Å²) in [5.41, 5.74) is 1.27. The average molecular weight is 219 g/mol. The summed E-state index contributed by atoms with van der Waals surface area (Å²) in [6.45, 7) is 2.37. The molecule has 0 spiro atoms. The maximum Gasteiger partial charge on any atom is 0.163 e. The maximum absolute atomic E-state index is 11.1. The molecule has 0 aromatic heterocycles. The van der Waals surface area contributed by atoms with Crippen LogP contribution in [0.4, 0.5) is 0 Å². The summed E-state index contributed by atoms with van der Waals surface area (Å²) in [6, 6.07) is 5.08. The number of Topliss-reactive ketones (excluding diaryl/α,β-unsaturated/α-hetero) is 1. The van der Waals surface area contributed by atoms with Gasteiger partial charge in [0.15, 0.2) is 5.78 Å². The minimum Gasteiger partial charge on any atom is -0.507 e. The summed E-state index contributed by atoms with van der Waals surface area (Å²) in [5.74, 6) is -0.0773. The number of rotatable bonds is 5. The number of benzene rings is 1. The van der Waals surface area contributed by atoms with Crippen LogP contribution in [0, 0.1) is 0 Å². The first-order chi connectivity index (χ1) is 7.65. The molecule has 16 heavy (non-hydrogen) atoms. The van der Waals surface area contributed by atoms with Crippen molar-refractivity contribution in [1.82, 2.24) is 5.32 Å². The van der Waals surface area contributed by atoms with Crippen molar-refractivity contribution in [3.05, 3.63) is 35.4 Å². The van der Waals surface area contributed by atoms with E-state index in [2.05, 4.69) is 5.32 Å². The highest BCUT2D eigenvalue weighted by molar-refractivity contribution is 5.96. The molecule has 0 radical (unpaired) electrons. The van der Waals surface area contributed by atoms with Gasteiger partial charge in [-0.15, -0.1) is 0 Å². The van der Waals surface area contributed by atoms with Crippen molar-refractivity contribution in [2.45, 2.75) is 13.3 Å². The molecule has 86 valence electrons. The van der Waals surface area contributed by atoms with Crippen LogP contribution in [0.15, 0.2) is 24.3 Å². The third-order valence-corrected chi connectivity index (χ3v) is 2.27. The van der Waals surface area contributed by atoms with E-state index in [1.165, 1.54) is 6.92 Å². The van der Waals surface area contributed by atoms with Gasteiger partial charge in [0, 0.05) is 0 Å². The third kappa shape index (κ3) is 3.51. The third-order valence-electron chi connectivity index (χ3n) is 2.27. The monoisotopic (exact) mass is 219 g/mol. The van der Waals surface area contributed by atoms with Gasteiger partial charge in [-0.1, -0.05) is 18.2 Å². The summed E-state index contributed by atoms with van der Waals surface area (Å²) in [6.07, 6.45) is 4.89. The number of phenols is 1. The largest absolute Gasteiger partial charge is 0.507 e. The number of aromatic hydroxyl groups is 1. The van der Waals surface area contributed by atoms with E-state index in [4.69, 9.17) is 0 Å². The molecule has 3 nitrogen and oxygen atoms in total. The van der Waals surface area contributed by atoms with Gasteiger partial charge in [0.2, 0.25) is 0 Å². The molecule has 1 aromatic carbocycles. The number of nitrogens with one attached hydrogen (secondary N) is 1. The summed E-state index contributed by atoms with van der Waals surface area (Å²) in [7, 11) is 1.90. The van der Waals surface area contributed by atoms with E-state index < -0.39 is 0 Å². The van der Waals surface area contributed by atoms with Crippen molar-refractivity contribution < 1.29 is 9.90 Å². The zero-order chi connectivity index (χ0) is 12.0. The van der Waals surface area contributed by atoms with Crippen LogP contribution in [0.25, 0.3) is 6.08 Å². The second-order valence-electron chi connectivity index (χ2n) is 3.63. The first-order valence-electron chi connectivity index (χ1n) is 5.30. The van der Waals surface area contributed by atoms with Crippen molar-refractivity contribution in [3.63, 3.8) is 0 Å². The Balaban J connectivity index is 2.73. The first-order valence-corrected chi connectivity index (χ1v) is 5.30. The van der Waals surface area contributed by atoms with Crippen LogP contribution in [0.5, 0.6) is 5.75 Å². The summed E-state index contributed by atoms with van der Waals surface area (Å²) < 4.78 is 0. The zero-order valence-electron chi connectivity index (χ0n) is 9.66. The zero-order valence-corrected chi connectivity index (χ0v) is 9.66. The van der Waals surface area contributed by atoms with E-state index in [1.807, 2.05) is 25.3 Å². The summed E-state index contributed by atoms with van der Waals surface area (Å²) in [5, 5.41) is 12.6. The lowest BCUT2D eigenvalue weighted by Crippen LogP contribution is -2.05. The van der Waals surface area contributed by atoms with E-state index in [0.29, 0.717) is 5.56 Å². The molecule has 0 heterocycles. The first kappa shape index (κ1) is 12.5. The van der Waals surface area contributed by atoms with Crippen LogP contribution < -0.4 is 5.32 Å². The molecule has 0 unspecified atom stereocenters. The van der Waals surface area contributed by atoms with Crippen molar-refractivity contribution in [2.75, 3.05) is 13.6 Å². The molecule has 2 N–H and O–H groups in total. The van der Waals surface area contributed by atoms with Gasteiger partial charge in [0.05, 0.1) is 5.56 Å². The predicted octanol–water partition coefficient (Wildman–Crippen LogP) is 2.22. The molecule has 0 bridgehead atoms. The smallest absolute Gasteiger partial charge is 0.163 e. The minimum atomic E-state index is -0.122. The molecule has 0 aliphatic carbocycles. The lowest BCUT2D eigenvalue weighted by Gasteiger charge is -2.01. The molecule has 1 rings (SSSR count). The number of hydrogen-bond donors (Lipinski definition) is 2. The van der Waals surface area contributed by atoms with Crippen LogP contribution in [-0.4, -0.2) is 24.5 Å². The molecule has 0 atom stereocenters. The highest BCUT2D eigenvalue weighted by Gasteiger charge is 2.05. The number of carbonyl (C=O) groups is 1. The second-order valence-corrected chi connectivity index (χ2v) is 3.63. The van der Waals surface area contributed by atoms with E-state index in [0.717, 1.165) is 18.5 Å². The van der Waals surface area contributed by atoms with E-state index in [9.17, 15) is 9.90 Å². The van der Waals surface area contributed by atoms with E-state index in [1.54, 1.807) is 12.1 Å². The summed E-state index contributed by atoms with van der Waals surface area (Å²) in [4.78, 5) is 11.1. The Bertz CT molecular complexity index is 397. The molecule has 0 aliphatic rings. The van der Waals surface area contributed by atoms with Crippen LogP contribution in [0.3, 0.4) is 0 Å². The fourth-order valence-electron chi connectivity index (χ4n) is 1.40. The normalized spacial score (nSPS) is 10.9. The summed E-state index contributed by atoms with van der Waals surface area (Å²) >= 11 is 0. The SMILES string of the molecule is CNCCC=Cc1ccc(C(C)=O)c(O)c1. The topological polar surface area (TPSA) is 49.3 Å². The molecule has 0 fully saturated rings. The van der Waals surface area contributed by atoms with Crippen LogP contribution >= 0.6 is 0 Å². The van der Waals surface area contributed by atoms with Crippen molar-refractivity contribution in [3.8, 4) is 5.75 Å². The minimum absolute atomic E-state index is 0.0447. The van der Waals surface area contributed by atoms with Crippen molar-refractivity contribution in [1.29, 1.82) is 0 Å². The van der Waals surface area contributed by atoms with Crippen LogP contribution in [0.2, 0.25) is 0 Å². The Morgan fingerprint density at radius 1 is 1.50 bits per heavy atom. The molecular formula is C13H17NO2. The van der Waals surface area contributed by atoms with Gasteiger partial charge in [-0.05, 0) is 44.6 Å². The number of ketones is 1. The molecule has 0 amide bonds. The molecule has 1 aromatic rings. The molecule has 3 heteroatoms. The van der Waals surface area contributed by atoms with Gasteiger partial charge >= 0.3 is 0 Å². The Hall–Kier alpha value is -1.61. The van der Waals surface area contributed by atoms with Crippen LogP contribution in [-0.2, 0) is 0 Å². The maximum atomic E-state index is 11.1. The van der Waals surface area contributed by atoms with Gasteiger partial charge in [0.1, 0.15) is 5.75 Å². The predicted molar refractivity (Wildman–Crippen MR) is 65.7 cm³/mol. The van der Waals surface area contributed by atoms with Crippen molar-refractivity contribution >= 4 is 11.9 Å². The van der Waals surface area contributed by atoms with E-state index in [-0.39, 0.29) is 11.5 Å². The number of carbonyl (C=O) groups excluding carboxylic acids is 1. The van der Waals surface area contributed by atoms with Crippen LogP contribution in [0.1, 0.15) is 29.3 Å². The Morgan fingerprint density at radius 2 is 2.25 bits per heavy atom. The fraction of sp³-hybridized carbons (Fsp3) is 0.308. The average Bonchev–Trinajstić information content (AvgIpc) is 2.24. The lowest BCUT2D eigenvalue weighted by atomic mass is 10.1. The fourth-order valence-corrected chi connectivity index (χ4v) is 1.40. The van der Waals surface area contributed by atoms with Gasteiger partial charge in [0.25, 0.3) is 0 Å². The number of hydrogen-bond acceptors (Lipinski definition) is 3. The Kier molecular flexibility index (Phi) is 4.73. The molecule has 0 saturated carbocycles. The number of phenolic OH excluding ortho intramolecular Hbond substituents is 1. The van der Waals surface area contributed by atoms with E-state index >= 15 is 0 Å². The highest BCUT2D eigenvalue weighted by Crippen LogP contribution is 2.20. The second kappa shape index (κ2) is 6.08. The highest BCUT2D eigenvalue weighted by atomic mass is 16.3. The van der Waals surface area contributed by atoms with Crippen molar-refractivity contribution in [2.24, 2.45) is 0 Å². The Morgan fingerprint density at radius 3 is 2.81 bits per heavy atom. The molecule has 0 aliphatic heterocycles. The van der Waals surface area contributed by atoms with Gasteiger partial charge < -0.3 is 10.4 Å². The lowest BCUT2D eigenvalue weighted by molar-refractivity contribution is 0.101. The van der Waals surface area contributed by atoms with Gasteiger partial charge in [-0.25, -0.2) is 0 Å². The van der Waals surface area contributed by atoms with Gasteiger partial charge in [-0.3, -0.25) is 4.79 Å². The van der Waals surface area contributed by atoms with Gasteiger partial charge in [-0.2, -0.15) is 0 Å². The molecule has 0 saturated heterocycles. The Labute approximate surface area is 95.8 Å². The standard InChI is InChI=1S/C13H17NO2/c1-10(15)12-7-6-11(9-13(12)16)5-3-4-8-14-2/h3,5-7,9,14,16H,4,8H2,1-2H3.